The SMILES string of the molecule is COc1cc([N+](=O)[O-])ccc1NC(=O)c1cccc(Nc2cc(-c3ccccc3)nc(C)n2)c1. The van der Waals surface area contributed by atoms with E-state index in [1.165, 1.54) is 25.3 Å². The van der Waals surface area contributed by atoms with Crippen LogP contribution in [0.3, 0.4) is 0 Å². The third kappa shape index (κ3) is 5.16. The van der Waals surface area contributed by atoms with Crippen molar-refractivity contribution in [2.45, 2.75) is 6.92 Å². The molecule has 0 saturated heterocycles. The van der Waals surface area contributed by atoms with Crippen LogP contribution >= 0.6 is 0 Å². The largest absolute Gasteiger partial charge is 0.494 e. The van der Waals surface area contributed by atoms with Crippen LogP contribution in [0.15, 0.2) is 78.9 Å². The first-order valence-corrected chi connectivity index (χ1v) is 10.3. The monoisotopic (exact) mass is 455 g/mol. The molecule has 1 heterocycles. The number of nitro groups is 1. The Kier molecular flexibility index (Phi) is 6.45. The molecular formula is C25H21N5O4. The first-order valence-electron chi connectivity index (χ1n) is 10.3. The van der Waals surface area contributed by atoms with Gasteiger partial charge in [-0.15, -0.1) is 0 Å². The van der Waals surface area contributed by atoms with Gasteiger partial charge in [0.25, 0.3) is 11.6 Å². The molecule has 0 aliphatic heterocycles. The van der Waals surface area contributed by atoms with E-state index in [9.17, 15) is 14.9 Å². The van der Waals surface area contributed by atoms with Gasteiger partial charge < -0.3 is 15.4 Å². The number of carbonyl (C=O) groups is 1. The van der Waals surface area contributed by atoms with Gasteiger partial charge in [-0.25, -0.2) is 9.97 Å². The fourth-order valence-corrected chi connectivity index (χ4v) is 3.37. The van der Waals surface area contributed by atoms with Gasteiger partial charge in [-0.2, -0.15) is 0 Å². The summed E-state index contributed by atoms with van der Waals surface area (Å²) in [7, 11) is 1.38. The molecule has 9 heteroatoms. The lowest BCUT2D eigenvalue weighted by atomic mass is 10.1. The van der Waals surface area contributed by atoms with Gasteiger partial charge >= 0.3 is 0 Å². The second-order valence-electron chi connectivity index (χ2n) is 7.35. The zero-order valence-electron chi connectivity index (χ0n) is 18.5. The molecule has 0 aliphatic carbocycles. The molecule has 0 aliphatic rings. The lowest BCUT2D eigenvalue weighted by Gasteiger charge is -2.12. The number of nitro benzene ring substituents is 1. The van der Waals surface area contributed by atoms with Crippen molar-refractivity contribution in [3.8, 4) is 17.0 Å². The number of methoxy groups -OCH3 is 1. The third-order valence-electron chi connectivity index (χ3n) is 4.95. The second-order valence-corrected chi connectivity index (χ2v) is 7.35. The Bertz CT molecular complexity index is 1360. The molecule has 170 valence electrons. The van der Waals surface area contributed by atoms with Crippen LogP contribution in [-0.2, 0) is 0 Å². The number of carbonyl (C=O) groups excluding carboxylic acids is 1. The molecule has 0 spiro atoms. The molecule has 0 saturated carbocycles. The van der Waals surface area contributed by atoms with Crippen LogP contribution in [0.1, 0.15) is 16.2 Å². The highest BCUT2D eigenvalue weighted by atomic mass is 16.6. The number of ether oxygens (including phenoxy) is 1. The molecule has 4 rings (SSSR count). The van der Waals surface area contributed by atoms with E-state index in [2.05, 4.69) is 20.6 Å². The first-order chi connectivity index (χ1) is 16.4. The fourth-order valence-electron chi connectivity index (χ4n) is 3.37. The van der Waals surface area contributed by atoms with Crippen LogP contribution in [0.4, 0.5) is 22.9 Å². The molecule has 4 aromatic rings. The Balaban J connectivity index is 1.54. The van der Waals surface area contributed by atoms with Gasteiger partial charge in [-0.05, 0) is 31.2 Å². The van der Waals surface area contributed by atoms with Crippen molar-refractivity contribution in [2.75, 3.05) is 17.7 Å². The molecule has 34 heavy (non-hydrogen) atoms. The highest BCUT2D eigenvalue weighted by Crippen LogP contribution is 2.30. The standard InChI is InChI=1S/C25H21N5O4/c1-16-26-22(17-7-4-3-5-8-17)15-24(27-16)28-19-10-6-9-18(13-19)25(31)29-21-12-11-20(30(32)33)14-23(21)34-2/h3-15H,1-2H3,(H,29,31)(H,26,27,28). The van der Waals surface area contributed by atoms with Gasteiger partial charge in [0.05, 0.1) is 29.5 Å². The minimum atomic E-state index is -0.526. The van der Waals surface area contributed by atoms with E-state index >= 15 is 0 Å². The van der Waals surface area contributed by atoms with Crippen LogP contribution in [0, 0.1) is 17.0 Å². The summed E-state index contributed by atoms with van der Waals surface area (Å²) in [4.78, 5) is 32.2. The third-order valence-corrected chi connectivity index (χ3v) is 4.95. The lowest BCUT2D eigenvalue weighted by Crippen LogP contribution is -2.13. The highest BCUT2D eigenvalue weighted by molar-refractivity contribution is 6.05. The summed E-state index contributed by atoms with van der Waals surface area (Å²) in [6.45, 7) is 1.82. The number of hydrogen-bond acceptors (Lipinski definition) is 7. The maximum Gasteiger partial charge on any atom is 0.273 e. The maximum atomic E-state index is 12.8. The van der Waals surface area contributed by atoms with E-state index in [1.54, 1.807) is 18.2 Å². The Morgan fingerprint density at radius 3 is 2.50 bits per heavy atom. The lowest BCUT2D eigenvalue weighted by molar-refractivity contribution is -0.384. The van der Waals surface area contributed by atoms with Gasteiger partial charge in [0.2, 0.25) is 0 Å². The van der Waals surface area contributed by atoms with E-state index < -0.39 is 4.92 Å². The first kappa shape index (κ1) is 22.4. The molecule has 9 nitrogen and oxygen atoms in total. The summed E-state index contributed by atoms with van der Waals surface area (Å²) < 4.78 is 5.19. The summed E-state index contributed by atoms with van der Waals surface area (Å²) in [5.41, 5.74) is 3.02. The molecule has 0 fully saturated rings. The molecule has 1 aromatic heterocycles. The molecule has 0 bridgehead atoms. The van der Waals surface area contributed by atoms with Crippen molar-refractivity contribution in [1.29, 1.82) is 0 Å². The zero-order valence-corrected chi connectivity index (χ0v) is 18.5. The quantitative estimate of drug-likeness (QED) is 0.284. The molecule has 0 atom stereocenters. The number of aromatic nitrogens is 2. The number of benzene rings is 3. The molecule has 0 unspecified atom stereocenters. The average molecular weight is 455 g/mol. The van der Waals surface area contributed by atoms with Gasteiger partial charge in [-0.3, -0.25) is 14.9 Å². The molecule has 3 aromatic carbocycles. The number of amides is 1. The van der Waals surface area contributed by atoms with Crippen LogP contribution < -0.4 is 15.4 Å². The highest BCUT2D eigenvalue weighted by Gasteiger charge is 2.15. The van der Waals surface area contributed by atoms with Crippen LogP contribution in [0.2, 0.25) is 0 Å². The zero-order chi connectivity index (χ0) is 24.1. The van der Waals surface area contributed by atoms with Gasteiger partial charge in [-0.1, -0.05) is 36.4 Å². The Morgan fingerprint density at radius 1 is 0.971 bits per heavy atom. The second kappa shape index (κ2) is 9.78. The maximum absolute atomic E-state index is 12.8. The predicted octanol–water partition coefficient (Wildman–Crippen LogP) is 5.36. The fraction of sp³-hybridized carbons (Fsp3) is 0.0800. The summed E-state index contributed by atoms with van der Waals surface area (Å²) in [6, 6.07) is 22.6. The number of nitrogens with zero attached hydrogens (tertiary/aromatic N) is 3. The summed E-state index contributed by atoms with van der Waals surface area (Å²) in [5, 5.41) is 16.9. The van der Waals surface area contributed by atoms with Crippen molar-refractivity contribution in [2.24, 2.45) is 0 Å². The van der Waals surface area contributed by atoms with E-state index in [1.807, 2.05) is 49.4 Å². The molecular weight excluding hydrogens is 434 g/mol. The molecule has 2 N–H and O–H groups in total. The summed E-state index contributed by atoms with van der Waals surface area (Å²) in [5.74, 6) is 1.02. The Labute approximate surface area is 195 Å². The van der Waals surface area contributed by atoms with Crippen molar-refractivity contribution in [1.82, 2.24) is 9.97 Å². The van der Waals surface area contributed by atoms with E-state index in [0.717, 1.165) is 11.3 Å². The topological polar surface area (TPSA) is 119 Å². The molecule has 0 radical (unpaired) electrons. The van der Waals surface area contributed by atoms with Crippen molar-refractivity contribution in [3.63, 3.8) is 0 Å². The summed E-state index contributed by atoms with van der Waals surface area (Å²) in [6.07, 6.45) is 0. The van der Waals surface area contributed by atoms with E-state index in [4.69, 9.17) is 4.74 Å². The minimum absolute atomic E-state index is 0.129. The summed E-state index contributed by atoms with van der Waals surface area (Å²) >= 11 is 0. The smallest absolute Gasteiger partial charge is 0.273 e. The Morgan fingerprint density at radius 2 is 1.76 bits per heavy atom. The molecule has 1 amide bonds. The van der Waals surface area contributed by atoms with E-state index in [0.29, 0.717) is 28.6 Å². The van der Waals surface area contributed by atoms with Gasteiger partial charge in [0, 0.05) is 28.9 Å². The van der Waals surface area contributed by atoms with Crippen LogP contribution in [-0.4, -0.2) is 27.9 Å². The van der Waals surface area contributed by atoms with Crippen LogP contribution in [0.25, 0.3) is 11.3 Å². The minimum Gasteiger partial charge on any atom is -0.494 e. The van der Waals surface area contributed by atoms with Crippen molar-refractivity contribution in [3.05, 3.63) is 100 Å². The predicted molar refractivity (Wildman–Crippen MR) is 130 cm³/mol. The number of anilines is 3. The number of rotatable bonds is 7. The normalized spacial score (nSPS) is 10.4. The number of hydrogen-bond donors (Lipinski definition) is 2. The Hall–Kier alpha value is -4.79. The van der Waals surface area contributed by atoms with Crippen molar-refractivity contribution < 1.29 is 14.5 Å². The number of nitrogens with one attached hydrogen (secondary N) is 2. The van der Waals surface area contributed by atoms with Gasteiger partial charge in [0.1, 0.15) is 17.4 Å². The van der Waals surface area contributed by atoms with E-state index in [-0.39, 0.29) is 17.3 Å². The van der Waals surface area contributed by atoms with Gasteiger partial charge in [0.15, 0.2) is 0 Å². The average Bonchev–Trinajstić information content (AvgIpc) is 2.84. The van der Waals surface area contributed by atoms with Crippen molar-refractivity contribution >= 4 is 28.8 Å². The number of aryl methyl sites for hydroxylation is 1. The number of non-ortho nitro benzene ring substituents is 1. The van der Waals surface area contributed by atoms with Crippen LogP contribution in [0.5, 0.6) is 5.75 Å².